The number of piperidine rings is 1. The first-order chi connectivity index (χ1) is 12.5. The number of hydrogen-bond acceptors (Lipinski definition) is 5. The first-order valence-corrected chi connectivity index (χ1v) is 9.56. The summed E-state index contributed by atoms with van der Waals surface area (Å²) in [6.45, 7) is 8.85. The van der Waals surface area contributed by atoms with Crippen molar-refractivity contribution in [1.29, 1.82) is 0 Å². The Kier molecular flexibility index (Phi) is 4.49. The third-order valence-electron chi connectivity index (χ3n) is 5.82. The maximum atomic E-state index is 13.0. The van der Waals surface area contributed by atoms with Crippen LogP contribution in [0.4, 0.5) is 5.69 Å². The molecule has 0 radical (unpaired) electrons. The SMILES string of the molecule is CC(C)(CO)Cn1cnc2ccc(N3CCN4CCC3CC4)cc2c1=O. The molecule has 0 spiro atoms. The second-order valence-electron chi connectivity index (χ2n) is 8.47. The Morgan fingerprint density at radius 1 is 1.19 bits per heavy atom. The van der Waals surface area contributed by atoms with E-state index in [4.69, 9.17) is 0 Å². The van der Waals surface area contributed by atoms with Gasteiger partial charge < -0.3 is 14.9 Å². The second-order valence-corrected chi connectivity index (χ2v) is 8.47. The summed E-state index contributed by atoms with van der Waals surface area (Å²) >= 11 is 0. The van der Waals surface area contributed by atoms with Crippen LogP contribution in [0.15, 0.2) is 29.3 Å². The van der Waals surface area contributed by atoms with Gasteiger partial charge in [-0.15, -0.1) is 0 Å². The van der Waals surface area contributed by atoms with Crippen molar-refractivity contribution in [2.45, 2.75) is 39.3 Å². The maximum absolute atomic E-state index is 13.0. The van der Waals surface area contributed by atoms with Crippen LogP contribution < -0.4 is 10.5 Å². The number of fused-ring (bicyclic) bond motifs is 5. The van der Waals surface area contributed by atoms with Gasteiger partial charge in [-0.3, -0.25) is 9.36 Å². The molecule has 6 heteroatoms. The van der Waals surface area contributed by atoms with Crippen LogP contribution in [0.5, 0.6) is 0 Å². The molecule has 6 nitrogen and oxygen atoms in total. The molecular weight excluding hydrogens is 328 g/mol. The highest BCUT2D eigenvalue weighted by atomic mass is 16.3. The number of benzene rings is 1. The Hall–Kier alpha value is -1.92. The van der Waals surface area contributed by atoms with Gasteiger partial charge in [0.25, 0.3) is 5.56 Å². The second kappa shape index (κ2) is 6.67. The zero-order chi connectivity index (χ0) is 18.3. The lowest BCUT2D eigenvalue weighted by atomic mass is 9.95. The average Bonchev–Trinajstić information content (AvgIpc) is 2.98. The molecule has 2 aromatic rings. The molecule has 4 heterocycles. The fraction of sp³-hybridized carbons (Fsp3) is 0.600. The summed E-state index contributed by atoms with van der Waals surface area (Å²) in [5, 5.41) is 10.2. The summed E-state index contributed by atoms with van der Waals surface area (Å²) in [5.41, 5.74) is 1.49. The van der Waals surface area contributed by atoms with E-state index in [9.17, 15) is 9.90 Å². The van der Waals surface area contributed by atoms with Gasteiger partial charge in [0, 0.05) is 56.5 Å². The zero-order valence-corrected chi connectivity index (χ0v) is 15.7. The Bertz CT molecular complexity index is 853. The van der Waals surface area contributed by atoms with E-state index in [0.717, 1.165) is 24.3 Å². The molecule has 0 unspecified atom stereocenters. The van der Waals surface area contributed by atoms with Crippen LogP contribution in [-0.4, -0.2) is 58.4 Å². The minimum atomic E-state index is -0.352. The number of anilines is 1. The Balaban J connectivity index is 1.72. The van der Waals surface area contributed by atoms with Crippen LogP contribution in [0.3, 0.4) is 0 Å². The van der Waals surface area contributed by atoms with Gasteiger partial charge in [0.1, 0.15) is 0 Å². The first kappa shape index (κ1) is 17.5. The largest absolute Gasteiger partial charge is 0.396 e. The third kappa shape index (κ3) is 3.23. The quantitative estimate of drug-likeness (QED) is 0.903. The molecule has 1 aromatic carbocycles. The maximum Gasteiger partial charge on any atom is 0.261 e. The summed E-state index contributed by atoms with van der Waals surface area (Å²) < 4.78 is 1.63. The number of aliphatic hydroxyl groups is 1. The molecule has 1 N–H and O–H groups in total. The number of aromatic nitrogens is 2. The van der Waals surface area contributed by atoms with Crippen molar-refractivity contribution in [2.75, 3.05) is 37.7 Å². The van der Waals surface area contributed by atoms with Crippen LogP contribution in [-0.2, 0) is 6.54 Å². The van der Waals surface area contributed by atoms with E-state index in [1.165, 1.54) is 25.9 Å². The van der Waals surface area contributed by atoms with Gasteiger partial charge >= 0.3 is 0 Å². The van der Waals surface area contributed by atoms with Crippen molar-refractivity contribution in [2.24, 2.45) is 5.41 Å². The molecule has 5 rings (SSSR count). The Morgan fingerprint density at radius 3 is 2.69 bits per heavy atom. The van der Waals surface area contributed by atoms with Crippen LogP contribution in [0.1, 0.15) is 26.7 Å². The summed E-state index contributed by atoms with van der Waals surface area (Å²) in [4.78, 5) is 22.5. The van der Waals surface area contributed by atoms with Gasteiger partial charge in [-0.25, -0.2) is 4.98 Å². The molecule has 1 aromatic heterocycles. The number of hydrogen-bond donors (Lipinski definition) is 1. The van der Waals surface area contributed by atoms with Crippen molar-refractivity contribution >= 4 is 16.6 Å². The van der Waals surface area contributed by atoms with E-state index in [1.807, 2.05) is 26.0 Å². The van der Waals surface area contributed by atoms with Gasteiger partial charge in [0.2, 0.25) is 0 Å². The predicted octanol–water partition coefficient (Wildman–Crippen LogP) is 1.70. The van der Waals surface area contributed by atoms with Crippen LogP contribution in [0.2, 0.25) is 0 Å². The lowest BCUT2D eigenvalue weighted by Gasteiger charge is -2.33. The molecule has 0 atom stereocenters. The highest BCUT2D eigenvalue weighted by Gasteiger charge is 2.29. The number of rotatable bonds is 4. The van der Waals surface area contributed by atoms with Crippen molar-refractivity contribution in [3.63, 3.8) is 0 Å². The summed E-state index contributed by atoms with van der Waals surface area (Å²) in [6, 6.07) is 6.65. The van der Waals surface area contributed by atoms with Crippen molar-refractivity contribution in [3.05, 3.63) is 34.9 Å². The van der Waals surface area contributed by atoms with E-state index in [2.05, 4.69) is 20.9 Å². The molecule has 2 bridgehead atoms. The van der Waals surface area contributed by atoms with Crippen LogP contribution in [0, 0.1) is 5.41 Å². The van der Waals surface area contributed by atoms with E-state index in [-0.39, 0.29) is 17.6 Å². The predicted molar refractivity (Wildman–Crippen MR) is 104 cm³/mol. The van der Waals surface area contributed by atoms with Gasteiger partial charge in [-0.05, 0) is 31.0 Å². The molecule has 140 valence electrons. The minimum absolute atomic E-state index is 0.0266. The zero-order valence-electron chi connectivity index (χ0n) is 15.7. The van der Waals surface area contributed by atoms with Gasteiger partial charge in [-0.1, -0.05) is 13.8 Å². The third-order valence-corrected chi connectivity index (χ3v) is 5.82. The fourth-order valence-electron chi connectivity index (χ4n) is 4.18. The molecule has 0 amide bonds. The van der Waals surface area contributed by atoms with Crippen molar-refractivity contribution in [3.8, 4) is 0 Å². The van der Waals surface area contributed by atoms with Crippen molar-refractivity contribution in [1.82, 2.24) is 14.5 Å². The molecule has 3 fully saturated rings. The Labute approximate surface area is 154 Å². The van der Waals surface area contributed by atoms with E-state index in [0.29, 0.717) is 18.0 Å². The number of aliphatic hydroxyl groups excluding tert-OH is 1. The van der Waals surface area contributed by atoms with Crippen LogP contribution in [0.25, 0.3) is 10.9 Å². The molecular formula is C20H28N4O2. The summed E-state index contributed by atoms with van der Waals surface area (Å²) in [5.74, 6) is 0. The van der Waals surface area contributed by atoms with Gasteiger partial charge in [0.15, 0.2) is 0 Å². The van der Waals surface area contributed by atoms with E-state index >= 15 is 0 Å². The van der Waals surface area contributed by atoms with Crippen LogP contribution >= 0.6 is 0 Å². The molecule has 3 saturated heterocycles. The van der Waals surface area contributed by atoms with Gasteiger partial charge in [0.05, 0.1) is 17.2 Å². The highest BCUT2D eigenvalue weighted by molar-refractivity contribution is 5.81. The lowest BCUT2D eigenvalue weighted by Crippen LogP contribution is -2.38. The normalized spacial score (nSPS) is 23.4. The molecule has 26 heavy (non-hydrogen) atoms. The molecule has 0 saturated carbocycles. The monoisotopic (exact) mass is 356 g/mol. The summed E-state index contributed by atoms with van der Waals surface area (Å²) in [6.07, 6.45) is 3.99. The van der Waals surface area contributed by atoms with E-state index in [1.54, 1.807) is 10.9 Å². The smallest absolute Gasteiger partial charge is 0.261 e. The summed E-state index contributed by atoms with van der Waals surface area (Å²) in [7, 11) is 0. The van der Waals surface area contributed by atoms with Gasteiger partial charge in [-0.2, -0.15) is 0 Å². The first-order valence-electron chi connectivity index (χ1n) is 9.56. The molecule has 3 aliphatic rings. The lowest BCUT2D eigenvalue weighted by molar-refractivity contribution is 0.139. The fourth-order valence-corrected chi connectivity index (χ4v) is 4.18. The minimum Gasteiger partial charge on any atom is -0.396 e. The van der Waals surface area contributed by atoms with Crippen molar-refractivity contribution < 1.29 is 5.11 Å². The highest BCUT2D eigenvalue weighted by Crippen LogP contribution is 2.28. The number of nitrogens with zero attached hydrogens (tertiary/aromatic N) is 4. The van der Waals surface area contributed by atoms with E-state index < -0.39 is 0 Å². The standard InChI is InChI=1S/C20H28N4O2/c1-20(2,13-25)12-23-14-21-18-4-3-16(11-17(18)19(23)26)24-10-9-22-7-5-15(24)6-8-22/h3-4,11,14-15,25H,5-10,12-13H2,1-2H3. The topological polar surface area (TPSA) is 61.6 Å². The average molecular weight is 356 g/mol. The molecule has 0 aliphatic carbocycles. The molecule has 3 aliphatic heterocycles. The Morgan fingerprint density at radius 2 is 1.96 bits per heavy atom.